The van der Waals surface area contributed by atoms with E-state index in [1.807, 2.05) is 0 Å². The molecule has 0 aliphatic rings. The molecular weight excluding hydrogens is 332 g/mol. The number of carbonyl (C=O) groups is 1. The van der Waals surface area contributed by atoms with E-state index in [1.54, 1.807) is 6.07 Å². The summed E-state index contributed by atoms with van der Waals surface area (Å²) < 4.78 is 23.6. The van der Waals surface area contributed by atoms with Crippen LogP contribution < -0.4 is 10.5 Å². The lowest BCUT2D eigenvalue weighted by molar-refractivity contribution is -0.114. The van der Waals surface area contributed by atoms with Crippen LogP contribution in [0.5, 0.6) is 0 Å². The first-order valence-corrected chi connectivity index (χ1v) is 7.79. The molecule has 1 aromatic heterocycles. The van der Waals surface area contributed by atoms with E-state index in [0.717, 1.165) is 0 Å². The summed E-state index contributed by atoms with van der Waals surface area (Å²) in [6.45, 7) is 0. The summed E-state index contributed by atoms with van der Waals surface area (Å²) in [5.41, 5.74) is 0.278. The molecule has 22 heavy (non-hydrogen) atoms. The zero-order valence-corrected chi connectivity index (χ0v) is 12.5. The predicted octanol–water partition coefficient (Wildman–Crippen LogP) is -0.0363. The van der Waals surface area contributed by atoms with Crippen LogP contribution in [0.15, 0.2) is 29.2 Å². The van der Waals surface area contributed by atoms with Gasteiger partial charge in [-0.1, -0.05) is 5.21 Å². The molecule has 1 amide bonds. The topological polar surface area (TPSA) is 144 Å². The van der Waals surface area contributed by atoms with Gasteiger partial charge < -0.3 is 5.32 Å². The van der Waals surface area contributed by atoms with Gasteiger partial charge in [-0.25, -0.2) is 13.6 Å². The Morgan fingerprint density at radius 1 is 1.41 bits per heavy atom. The number of amides is 1. The van der Waals surface area contributed by atoms with E-state index in [1.165, 1.54) is 28.9 Å². The minimum atomic E-state index is -3.82. The van der Waals surface area contributed by atoms with Crippen molar-refractivity contribution in [3.8, 4) is 11.8 Å². The molecule has 0 saturated carbocycles. The first-order chi connectivity index (χ1) is 10.4. The van der Waals surface area contributed by atoms with Crippen molar-refractivity contribution >= 4 is 33.3 Å². The summed E-state index contributed by atoms with van der Waals surface area (Å²) in [5.74, 6) is -0.806. The summed E-state index contributed by atoms with van der Waals surface area (Å²) in [6, 6.07) is 7.14. The Morgan fingerprint density at radius 3 is 2.55 bits per heavy atom. The molecule has 2 rings (SSSR count). The smallest absolute Gasteiger partial charge is 0.240 e. The summed E-state index contributed by atoms with van der Waals surface area (Å²) in [6.07, 6.45) is 0. The molecule has 0 atom stereocenters. The molecule has 2 aromatic rings. The highest BCUT2D eigenvalue weighted by Crippen LogP contribution is 2.19. The quantitative estimate of drug-likeness (QED) is 0.747. The maximum atomic E-state index is 11.4. The van der Waals surface area contributed by atoms with E-state index >= 15 is 0 Å². The molecule has 1 aromatic carbocycles. The minimum Gasteiger partial charge on any atom is -0.307 e. The van der Waals surface area contributed by atoms with E-state index in [4.69, 9.17) is 22.0 Å². The zero-order valence-electron chi connectivity index (χ0n) is 10.9. The number of nitrogens with zero attached hydrogens (tertiary/aromatic N) is 4. The lowest BCUT2D eigenvalue weighted by atomic mass is 10.3. The molecule has 0 fully saturated rings. The van der Waals surface area contributed by atoms with Crippen molar-refractivity contribution in [3.63, 3.8) is 0 Å². The number of sulfonamides is 1. The average Bonchev–Trinajstić information content (AvgIpc) is 2.89. The van der Waals surface area contributed by atoms with E-state index in [2.05, 4.69) is 15.6 Å². The van der Waals surface area contributed by atoms with Gasteiger partial charge in [0.15, 0.2) is 5.82 Å². The fourth-order valence-electron chi connectivity index (χ4n) is 1.59. The molecule has 9 nitrogen and oxygen atoms in total. The summed E-state index contributed by atoms with van der Waals surface area (Å²) in [7, 11) is -3.82. The van der Waals surface area contributed by atoms with Crippen molar-refractivity contribution in [1.29, 1.82) is 5.26 Å². The standard InChI is InChI=1S/C11H9ClN6O3S/c12-5-10(19)15-11-9(6-13)16-17-18(11)7-1-3-8(4-2-7)22(14,20)21/h1-4H,5H2,(H,15,19)(H2,14,20,21). The number of alkyl halides is 1. The SMILES string of the molecule is N#Cc1nnn(-c2ccc(S(N)(=O)=O)cc2)c1NC(=O)CCl. The van der Waals surface area contributed by atoms with Crippen molar-refractivity contribution in [2.24, 2.45) is 5.14 Å². The molecule has 0 aliphatic heterocycles. The number of halogens is 1. The molecule has 0 aliphatic carbocycles. The van der Waals surface area contributed by atoms with Gasteiger partial charge in [-0.15, -0.1) is 16.7 Å². The van der Waals surface area contributed by atoms with Gasteiger partial charge in [0.05, 0.1) is 10.6 Å². The number of benzene rings is 1. The number of nitriles is 1. The number of nitrogens with one attached hydrogen (secondary N) is 1. The molecule has 0 saturated heterocycles. The van der Waals surface area contributed by atoms with E-state index in [0.29, 0.717) is 5.69 Å². The number of carbonyl (C=O) groups excluding carboxylic acids is 1. The Morgan fingerprint density at radius 2 is 2.05 bits per heavy atom. The van der Waals surface area contributed by atoms with Gasteiger partial charge in [-0.3, -0.25) is 4.79 Å². The van der Waals surface area contributed by atoms with Gasteiger partial charge in [0.2, 0.25) is 21.6 Å². The van der Waals surface area contributed by atoms with Gasteiger partial charge in [0.1, 0.15) is 11.9 Å². The van der Waals surface area contributed by atoms with Crippen LogP contribution in [0, 0.1) is 11.3 Å². The Hall–Kier alpha value is -2.48. The van der Waals surface area contributed by atoms with Crippen LogP contribution in [0.3, 0.4) is 0 Å². The molecule has 1 heterocycles. The van der Waals surface area contributed by atoms with Crippen LogP contribution >= 0.6 is 11.6 Å². The van der Waals surface area contributed by atoms with Gasteiger partial charge in [-0.2, -0.15) is 9.94 Å². The summed E-state index contributed by atoms with van der Waals surface area (Å²) in [4.78, 5) is 11.3. The van der Waals surface area contributed by atoms with Crippen LogP contribution in [0.1, 0.15) is 5.69 Å². The highest BCUT2D eigenvalue weighted by Gasteiger charge is 2.17. The van der Waals surface area contributed by atoms with Crippen molar-refractivity contribution in [1.82, 2.24) is 15.0 Å². The number of primary sulfonamides is 1. The molecule has 11 heteroatoms. The van der Waals surface area contributed by atoms with Crippen molar-refractivity contribution in [2.45, 2.75) is 4.90 Å². The number of nitrogens with two attached hydrogens (primary N) is 1. The zero-order chi connectivity index (χ0) is 16.3. The van der Waals surface area contributed by atoms with Crippen molar-refractivity contribution in [2.75, 3.05) is 11.2 Å². The summed E-state index contributed by atoms with van der Waals surface area (Å²) in [5, 5.41) is 23.7. The number of hydrogen-bond acceptors (Lipinski definition) is 6. The molecule has 114 valence electrons. The van der Waals surface area contributed by atoms with Crippen molar-refractivity contribution < 1.29 is 13.2 Å². The van der Waals surface area contributed by atoms with E-state index in [-0.39, 0.29) is 22.3 Å². The van der Waals surface area contributed by atoms with Gasteiger partial charge in [0, 0.05) is 0 Å². The number of aromatic nitrogens is 3. The third kappa shape index (κ3) is 3.22. The molecule has 0 radical (unpaired) electrons. The lowest BCUT2D eigenvalue weighted by Gasteiger charge is -2.07. The first kappa shape index (κ1) is 15.9. The Labute approximate surface area is 130 Å². The van der Waals surface area contributed by atoms with Gasteiger partial charge in [0.25, 0.3) is 0 Å². The lowest BCUT2D eigenvalue weighted by Crippen LogP contribution is -2.17. The van der Waals surface area contributed by atoms with Crippen LogP contribution in [-0.4, -0.2) is 35.2 Å². The van der Waals surface area contributed by atoms with E-state index < -0.39 is 15.9 Å². The second kappa shape index (κ2) is 6.10. The second-order valence-electron chi connectivity index (χ2n) is 4.03. The number of hydrogen-bond donors (Lipinski definition) is 2. The molecule has 0 spiro atoms. The Balaban J connectivity index is 2.47. The van der Waals surface area contributed by atoms with Crippen LogP contribution in [0.25, 0.3) is 5.69 Å². The van der Waals surface area contributed by atoms with Crippen LogP contribution in [0.4, 0.5) is 5.82 Å². The Bertz CT molecular complexity index is 853. The molecule has 0 unspecified atom stereocenters. The van der Waals surface area contributed by atoms with Gasteiger partial charge >= 0.3 is 0 Å². The third-order valence-electron chi connectivity index (χ3n) is 2.57. The molecule has 3 N–H and O–H groups in total. The maximum Gasteiger partial charge on any atom is 0.240 e. The number of anilines is 1. The maximum absolute atomic E-state index is 11.4. The third-order valence-corrected chi connectivity index (χ3v) is 3.74. The normalized spacial score (nSPS) is 11.0. The number of rotatable bonds is 4. The fourth-order valence-corrected chi connectivity index (χ4v) is 2.17. The highest BCUT2D eigenvalue weighted by molar-refractivity contribution is 7.89. The largest absolute Gasteiger partial charge is 0.307 e. The van der Waals surface area contributed by atoms with E-state index in [9.17, 15) is 13.2 Å². The molecular formula is C11H9ClN6O3S. The van der Waals surface area contributed by atoms with Crippen LogP contribution in [0.2, 0.25) is 0 Å². The van der Waals surface area contributed by atoms with Crippen LogP contribution in [-0.2, 0) is 14.8 Å². The summed E-state index contributed by atoms with van der Waals surface area (Å²) >= 11 is 5.41. The average molecular weight is 341 g/mol. The minimum absolute atomic E-state index is 0.0384. The fraction of sp³-hybridized carbons (Fsp3) is 0.0909. The predicted molar refractivity (Wildman–Crippen MR) is 76.8 cm³/mol. The first-order valence-electron chi connectivity index (χ1n) is 5.71. The highest BCUT2D eigenvalue weighted by atomic mass is 35.5. The van der Waals surface area contributed by atoms with Gasteiger partial charge in [-0.05, 0) is 24.3 Å². The second-order valence-corrected chi connectivity index (χ2v) is 5.86. The molecule has 0 bridgehead atoms. The van der Waals surface area contributed by atoms with Crippen molar-refractivity contribution in [3.05, 3.63) is 30.0 Å². The monoisotopic (exact) mass is 340 g/mol. The Kier molecular flexibility index (Phi) is 4.41.